The van der Waals surface area contributed by atoms with E-state index >= 15 is 0 Å². The average molecular weight is 307 g/mol. The van der Waals surface area contributed by atoms with Gasteiger partial charge in [0, 0.05) is 6.54 Å². The van der Waals surface area contributed by atoms with Crippen molar-refractivity contribution < 1.29 is 19.4 Å². The monoisotopic (exact) mass is 307 g/mol. The fourth-order valence-corrected chi connectivity index (χ4v) is 2.66. The van der Waals surface area contributed by atoms with E-state index in [0.29, 0.717) is 13.0 Å². The molecule has 5 nitrogen and oxygen atoms in total. The number of ether oxygens (including phenoxy) is 2. The van der Waals surface area contributed by atoms with Crippen molar-refractivity contribution in [1.29, 1.82) is 0 Å². The normalized spacial score (nSPS) is 22.3. The van der Waals surface area contributed by atoms with Crippen LogP contribution in [-0.4, -0.2) is 41.9 Å². The Labute approximate surface area is 131 Å². The molecule has 0 spiro atoms. The fourth-order valence-electron chi connectivity index (χ4n) is 2.66. The molecule has 5 heteroatoms. The van der Waals surface area contributed by atoms with E-state index in [2.05, 4.69) is 0 Å². The van der Waals surface area contributed by atoms with Gasteiger partial charge in [0.1, 0.15) is 17.0 Å². The van der Waals surface area contributed by atoms with Crippen LogP contribution < -0.4 is 4.74 Å². The van der Waals surface area contributed by atoms with Crippen LogP contribution in [0.5, 0.6) is 5.75 Å². The number of carbonyl (C=O) groups excluding carboxylic acids is 1. The first-order chi connectivity index (χ1) is 10.2. The molecule has 2 rings (SSSR count). The van der Waals surface area contributed by atoms with Crippen molar-refractivity contribution in [2.45, 2.75) is 44.8 Å². The molecular formula is C17H25NO4. The molecule has 1 atom stereocenters. The summed E-state index contributed by atoms with van der Waals surface area (Å²) in [5.74, 6) is 0.743. The van der Waals surface area contributed by atoms with Crippen LogP contribution in [0.4, 0.5) is 4.79 Å². The Morgan fingerprint density at radius 2 is 1.91 bits per heavy atom. The highest BCUT2D eigenvalue weighted by Crippen LogP contribution is 2.33. The quantitative estimate of drug-likeness (QED) is 0.912. The van der Waals surface area contributed by atoms with Gasteiger partial charge in [-0.2, -0.15) is 0 Å². The average Bonchev–Trinajstić information content (AvgIpc) is 2.45. The van der Waals surface area contributed by atoms with Crippen molar-refractivity contribution in [2.75, 3.05) is 20.2 Å². The lowest BCUT2D eigenvalue weighted by Gasteiger charge is -2.40. The number of hydrogen-bond donors (Lipinski definition) is 1. The second-order valence-corrected chi connectivity index (χ2v) is 6.77. The molecule has 0 bridgehead atoms. The van der Waals surface area contributed by atoms with Crippen molar-refractivity contribution >= 4 is 6.09 Å². The van der Waals surface area contributed by atoms with Crippen LogP contribution in [0.25, 0.3) is 0 Å². The number of benzene rings is 1. The summed E-state index contributed by atoms with van der Waals surface area (Å²) in [6, 6.07) is 7.33. The van der Waals surface area contributed by atoms with Gasteiger partial charge < -0.3 is 19.5 Å². The highest BCUT2D eigenvalue weighted by atomic mass is 16.6. The van der Waals surface area contributed by atoms with E-state index in [1.54, 1.807) is 12.0 Å². The Kier molecular flexibility index (Phi) is 4.66. The second kappa shape index (κ2) is 6.16. The Bertz CT molecular complexity index is 520. The maximum Gasteiger partial charge on any atom is 0.410 e. The number of β-amino-alcohol motifs (C(OH)–C–C–N with tert-alkyl or cyclic N) is 1. The molecule has 1 aliphatic rings. The maximum absolute atomic E-state index is 12.2. The Balaban J connectivity index is 2.12. The predicted octanol–water partition coefficient (Wildman–Crippen LogP) is 2.91. The zero-order valence-corrected chi connectivity index (χ0v) is 13.8. The van der Waals surface area contributed by atoms with Crippen LogP contribution in [-0.2, 0) is 10.3 Å². The van der Waals surface area contributed by atoms with Crippen LogP contribution in [0.2, 0.25) is 0 Å². The predicted molar refractivity (Wildman–Crippen MR) is 83.9 cm³/mol. The van der Waals surface area contributed by atoms with Gasteiger partial charge in [-0.3, -0.25) is 0 Å². The van der Waals surface area contributed by atoms with E-state index in [0.717, 1.165) is 17.7 Å². The summed E-state index contributed by atoms with van der Waals surface area (Å²) in [5.41, 5.74) is -0.782. The van der Waals surface area contributed by atoms with E-state index in [1.165, 1.54) is 0 Å². The van der Waals surface area contributed by atoms with Gasteiger partial charge in [0.25, 0.3) is 0 Å². The van der Waals surface area contributed by atoms with Gasteiger partial charge >= 0.3 is 6.09 Å². The van der Waals surface area contributed by atoms with Gasteiger partial charge in [-0.05, 0) is 51.3 Å². The smallest absolute Gasteiger partial charge is 0.410 e. The molecule has 1 aliphatic heterocycles. The standard InChI is InChI=1S/C17H25NO4/c1-16(2,3)22-15(19)18-11-5-10-17(20,12-18)13-6-8-14(21-4)9-7-13/h6-9,20H,5,10-12H2,1-4H3/t17-/m0/s1. The summed E-state index contributed by atoms with van der Waals surface area (Å²) in [6.45, 7) is 6.36. The first kappa shape index (κ1) is 16.6. The third-order valence-electron chi connectivity index (χ3n) is 3.75. The second-order valence-electron chi connectivity index (χ2n) is 6.77. The summed E-state index contributed by atoms with van der Waals surface area (Å²) in [4.78, 5) is 13.8. The molecule has 1 aromatic carbocycles. The van der Waals surface area contributed by atoms with E-state index in [9.17, 15) is 9.90 Å². The molecule has 1 amide bonds. The Morgan fingerprint density at radius 3 is 2.45 bits per heavy atom. The lowest BCUT2D eigenvalue weighted by molar-refractivity contribution is -0.0465. The molecule has 1 N–H and O–H groups in total. The molecule has 1 fully saturated rings. The molecular weight excluding hydrogens is 282 g/mol. The molecule has 122 valence electrons. The fraction of sp³-hybridized carbons (Fsp3) is 0.588. The largest absolute Gasteiger partial charge is 0.497 e. The zero-order chi connectivity index (χ0) is 16.4. The minimum Gasteiger partial charge on any atom is -0.497 e. The molecule has 0 aromatic heterocycles. The van der Waals surface area contributed by atoms with E-state index < -0.39 is 11.2 Å². The lowest BCUT2D eigenvalue weighted by atomic mass is 9.86. The molecule has 0 saturated carbocycles. The highest BCUT2D eigenvalue weighted by molar-refractivity contribution is 5.68. The molecule has 0 radical (unpaired) electrons. The highest BCUT2D eigenvalue weighted by Gasteiger charge is 2.38. The number of hydrogen-bond acceptors (Lipinski definition) is 4. The summed E-state index contributed by atoms with van der Waals surface area (Å²) in [6.07, 6.45) is 0.986. The van der Waals surface area contributed by atoms with Crippen molar-refractivity contribution in [3.8, 4) is 5.75 Å². The summed E-state index contributed by atoms with van der Waals surface area (Å²) < 4.78 is 10.5. The van der Waals surface area contributed by atoms with Crippen molar-refractivity contribution in [3.63, 3.8) is 0 Å². The molecule has 0 aliphatic carbocycles. The number of amides is 1. The molecule has 1 aromatic rings. The first-order valence-electron chi connectivity index (χ1n) is 7.58. The van der Waals surface area contributed by atoms with Gasteiger partial charge in [-0.15, -0.1) is 0 Å². The number of nitrogens with zero attached hydrogens (tertiary/aromatic N) is 1. The minimum atomic E-state index is -1.04. The number of piperidine rings is 1. The third kappa shape index (κ3) is 3.91. The van der Waals surface area contributed by atoms with E-state index in [4.69, 9.17) is 9.47 Å². The third-order valence-corrected chi connectivity index (χ3v) is 3.75. The molecule has 1 saturated heterocycles. The topological polar surface area (TPSA) is 59.0 Å². The van der Waals surface area contributed by atoms with Gasteiger partial charge in [0.15, 0.2) is 0 Å². The van der Waals surface area contributed by atoms with Crippen molar-refractivity contribution in [3.05, 3.63) is 29.8 Å². The number of rotatable bonds is 2. The van der Waals surface area contributed by atoms with Crippen molar-refractivity contribution in [1.82, 2.24) is 4.90 Å². The SMILES string of the molecule is COc1ccc([C@]2(O)CCCN(C(=O)OC(C)(C)C)C2)cc1. The number of likely N-dealkylation sites (tertiary alicyclic amines) is 1. The first-order valence-corrected chi connectivity index (χ1v) is 7.58. The molecule has 1 heterocycles. The maximum atomic E-state index is 12.2. The van der Waals surface area contributed by atoms with Crippen LogP contribution >= 0.6 is 0 Å². The Morgan fingerprint density at radius 1 is 1.27 bits per heavy atom. The summed E-state index contributed by atoms with van der Waals surface area (Å²) in [5, 5.41) is 10.9. The minimum absolute atomic E-state index is 0.244. The molecule has 0 unspecified atom stereocenters. The number of aliphatic hydroxyl groups is 1. The van der Waals surface area contributed by atoms with Gasteiger partial charge in [-0.25, -0.2) is 4.79 Å². The summed E-state index contributed by atoms with van der Waals surface area (Å²) in [7, 11) is 1.61. The van der Waals surface area contributed by atoms with Gasteiger partial charge in [-0.1, -0.05) is 12.1 Å². The van der Waals surface area contributed by atoms with E-state index in [1.807, 2.05) is 45.0 Å². The van der Waals surface area contributed by atoms with Crippen LogP contribution in [0.3, 0.4) is 0 Å². The van der Waals surface area contributed by atoms with Crippen LogP contribution in [0, 0.1) is 0 Å². The number of carbonyl (C=O) groups is 1. The Hall–Kier alpha value is -1.75. The van der Waals surface area contributed by atoms with Crippen LogP contribution in [0.15, 0.2) is 24.3 Å². The van der Waals surface area contributed by atoms with Gasteiger partial charge in [0.2, 0.25) is 0 Å². The van der Waals surface area contributed by atoms with E-state index in [-0.39, 0.29) is 12.6 Å². The zero-order valence-electron chi connectivity index (χ0n) is 13.8. The van der Waals surface area contributed by atoms with Crippen LogP contribution in [0.1, 0.15) is 39.2 Å². The summed E-state index contributed by atoms with van der Waals surface area (Å²) >= 11 is 0. The van der Waals surface area contributed by atoms with Gasteiger partial charge in [0.05, 0.1) is 13.7 Å². The molecule has 22 heavy (non-hydrogen) atoms. The lowest BCUT2D eigenvalue weighted by Crippen LogP contribution is -2.49. The number of methoxy groups -OCH3 is 1. The van der Waals surface area contributed by atoms with Crippen molar-refractivity contribution in [2.24, 2.45) is 0 Å².